The van der Waals surface area contributed by atoms with Crippen LogP contribution in [0.15, 0.2) is 89.3 Å². The lowest BCUT2D eigenvalue weighted by atomic mass is 9.89. The highest BCUT2D eigenvalue weighted by atomic mass is 32.2. The molecule has 0 radical (unpaired) electrons. The second kappa shape index (κ2) is 12.7. The Labute approximate surface area is 241 Å². The highest BCUT2D eigenvalue weighted by molar-refractivity contribution is 7.89. The third-order valence-electron chi connectivity index (χ3n) is 7.35. The molecule has 1 aliphatic rings. The molecule has 0 amide bonds. The number of ether oxygens (including phenoxy) is 1. The van der Waals surface area contributed by atoms with E-state index in [-0.39, 0.29) is 29.2 Å². The van der Waals surface area contributed by atoms with Gasteiger partial charge in [-0.25, -0.2) is 13.2 Å². The van der Waals surface area contributed by atoms with Gasteiger partial charge in [-0.3, -0.25) is 10.1 Å². The van der Waals surface area contributed by atoms with E-state index in [1.165, 1.54) is 28.6 Å². The van der Waals surface area contributed by atoms with Crippen LogP contribution in [0.3, 0.4) is 0 Å². The first kappa shape index (κ1) is 30.0. The van der Waals surface area contributed by atoms with Crippen molar-refractivity contribution in [1.82, 2.24) is 4.31 Å². The number of carbonyl (C=O) groups is 1. The Hall–Kier alpha value is -4.02. The maximum atomic E-state index is 14.5. The van der Waals surface area contributed by atoms with E-state index in [4.69, 9.17) is 4.74 Å². The van der Waals surface area contributed by atoms with Crippen molar-refractivity contribution in [3.05, 3.63) is 111 Å². The number of sulfonamides is 1. The second-order valence-electron chi connectivity index (χ2n) is 9.79. The van der Waals surface area contributed by atoms with E-state index in [0.29, 0.717) is 5.56 Å². The van der Waals surface area contributed by atoms with E-state index in [9.17, 15) is 23.3 Å². The molecule has 0 N–H and O–H groups in total. The van der Waals surface area contributed by atoms with Crippen LogP contribution >= 0.6 is 0 Å². The van der Waals surface area contributed by atoms with Crippen molar-refractivity contribution in [3.8, 4) is 0 Å². The number of carbonyl (C=O) groups excluding carboxylic acids is 1. The Kier molecular flexibility index (Phi) is 9.25. The molecule has 0 bridgehead atoms. The number of hydrogen-bond acceptors (Lipinski definition) is 7. The summed E-state index contributed by atoms with van der Waals surface area (Å²) in [5.41, 5.74) is 3.16. The molecule has 0 aliphatic carbocycles. The zero-order chi connectivity index (χ0) is 29.7. The van der Waals surface area contributed by atoms with Crippen LogP contribution in [0.1, 0.15) is 56.0 Å². The molecule has 9 nitrogen and oxygen atoms in total. The summed E-state index contributed by atoms with van der Waals surface area (Å²) in [7, 11) is -4.18. The van der Waals surface area contributed by atoms with Gasteiger partial charge in [-0.1, -0.05) is 48.0 Å². The van der Waals surface area contributed by atoms with Crippen LogP contribution < -0.4 is 4.90 Å². The van der Waals surface area contributed by atoms with Gasteiger partial charge in [-0.2, -0.15) is 4.31 Å². The Morgan fingerprint density at radius 2 is 1.54 bits per heavy atom. The molecule has 0 unspecified atom stereocenters. The van der Waals surface area contributed by atoms with E-state index < -0.39 is 33.0 Å². The van der Waals surface area contributed by atoms with Crippen LogP contribution in [0.2, 0.25) is 0 Å². The highest BCUT2D eigenvalue weighted by Gasteiger charge is 2.45. The average molecular weight is 578 g/mol. The number of aryl methyl sites for hydroxylation is 1. The summed E-state index contributed by atoms with van der Waals surface area (Å²) in [6, 6.07) is 18.3. The Morgan fingerprint density at radius 3 is 2.07 bits per heavy atom. The Bertz CT molecular complexity index is 1510. The van der Waals surface area contributed by atoms with Gasteiger partial charge >= 0.3 is 5.97 Å². The van der Waals surface area contributed by atoms with Gasteiger partial charge in [0.1, 0.15) is 0 Å². The van der Waals surface area contributed by atoms with Crippen LogP contribution in [0, 0.1) is 17.0 Å². The Balaban J connectivity index is 1.93. The number of hydrogen-bond donors (Lipinski definition) is 0. The van der Waals surface area contributed by atoms with Crippen LogP contribution in [0.5, 0.6) is 0 Å². The summed E-state index contributed by atoms with van der Waals surface area (Å²) >= 11 is 0. The van der Waals surface area contributed by atoms with Crippen LogP contribution in [0.25, 0.3) is 0 Å². The van der Waals surface area contributed by atoms with Crippen molar-refractivity contribution in [2.75, 3.05) is 24.6 Å². The van der Waals surface area contributed by atoms with Crippen molar-refractivity contribution < 1.29 is 22.9 Å². The van der Waals surface area contributed by atoms with Crippen molar-refractivity contribution in [2.24, 2.45) is 0 Å². The fourth-order valence-electron chi connectivity index (χ4n) is 5.20. The van der Waals surface area contributed by atoms with E-state index in [1.807, 2.05) is 31.2 Å². The molecule has 216 valence electrons. The van der Waals surface area contributed by atoms with Gasteiger partial charge in [-0.05, 0) is 69.5 Å². The standard InChI is InChI=1S/C31H35N3O6S/c1-5-32(6-2)25-14-10-23(11-15-25)29-21-20-28(31(35)40-7-3)30(24-12-16-26(17-13-24)34(36)37)33(29)41(38,39)27-18-8-22(4)9-19-27/h8-20,29-30H,5-7,21H2,1-4H3/t29-,30-/m0/s1. The molecule has 0 saturated heterocycles. The van der Waals surface area contributed by atoms with Crippen molar-refractivity contribution in [2.45, 2.75) is 51.1 Å². The number of anilines is 1. The van der Waals surface area contributed by atoms with E-state index in [1.54, 1.807) is 37.3 Å². The Morgan fingerprint density at radius 1 is 0.951 bits per heavy atom. The number of nitro groups is 1. The van der Waals surface area contributed by atoms with Crippen molar-refractivity contribution in [3.63, 3.8) is 0 Å². The summed E-state index contributed by atoms with van der Waals surface area (Å²) in [4.78, 5) is 26.3. The first-order valence-corrected chi connectivity index (χ1v) is 15.1. The normalized spacial score (nSPS) is 17.5. The maximum Gasteiger partial charge on any atom is 0.335 e. The maximum absolute atomic E-state index is 14.5. The number of esters is 1. The number of nitro benzene ring substituents is 1. The van der Waals surface area contributed by atoms with Gasteiger partial charge in [0.15, 0.2) is 0 Å². The second-order valence-corrected chi connectivity index (χ2v) is 11.6. The third-order valence-corrected chi connectivity index (χ3v) is 9.24. The highest BCUT2D eigenvalue weighted by Crippen LogP contribution is 2.46. The van der Waals surface area contributed by atoms with Crippen LogP contribution in [0.4, 0.5) is 11.4 Å². The van der Waals surface area contributed by atoms with Crippen molar-refractivity contribution in [1.29, 1.82) is 0 Å². The molecule has 4 rings (SSSR count). The minimum absolute atomic E-state index is 0.0879. The molecular formula is C31H35N3O6S. The van der Waals surface area contributed by atoms with Gasteiger partial charge < -0.3 is 9.64 Å². The topological polar surface area (TPSA) is 110 Å². The summed E-state index contributed by atoms with van der Waals surface area (Å²) < 4.78 is 35.6. The smallest absolute Gasteiger partial charge is 0.335 e. The fourth-order valence-corrected chi connectivity index (χ4v) is 6.98. The molecule has 2 atom stereocenters. The lowest BCUT2D eigenvalue weighted by Crippen LogP contribution is -2.42. The predicted octanol–water partition coefficient (Wildman–Crippen LogP) is 6.12. The minimum atomic E-state index is -4.18. The van der Waals surface area contributed by atoms with Gasteiger partial charge in [0, 0.05) is 30.9 Å². The minimum Gasteiger partial charge on any atom is -0.463 e. The van der Waals surface area contributed by atoms with E-state index >= 15 is 0 Å². The third kappa shape index (κ3) is 6.18. The number of nitrogens with zero attached hydrogens (tertiary/aromatic N) is 3. The zero-order valence-electron chi connectivity index (χ0n) is 23.7. The first-order chi connectivity index (χ1) is 19.6. The molecule has 3 aromatic rings. The lowest BCUT2D eigenvalue weighted by molar-refractivity contribution is -0.384. The molecule has 1 aliphatic heterocycles. The fraction of sp³-hybridized carbons (Fsp3) is 0.323. The molecule has 41 heavy (non-hydrogen) atoms. The molecule has 10 heteroatoms. The monoisotopic (exact) mass is 577 g/mol. The van der Waals surface area contributed by atoms with Crippen LogP contribution in [-0.4, -0.2) is 43.3 Å². The SMILES string of the molecule is CCOC(=O)C1=CC[C@@H](c2ccc(N(CC)CC)cc2)N(S(=O)(=O)c2ccc(C)cc2)[C@H]1c1ccc([N+](=O)[O-])cc1. The molecule has 3 aromatic carbocycles. The van der Waals surface area contributed by atoms with E-state index in [2.05, 4.69) is 18.7 Å². The number of non-ortho nitro benzene ring substituents is 1. The summed E-state index contributed by atoms with van der Waals surface area (Å²) in [6.07, 6.45) is 1.97. The average Bonchev–Trinajstić information content (AvgIpc) is 2.98. The number of benzene rings is 3. The quantitative estimate of drug-likeness (QED) is 0.162. The summed E-state index contributed by atoms with van der Waals surface area (Å²) in [5.74, 6) is -0.629. The van der Waals surface area contributed by atoms with Crippen LogP contribution in [-0.2, 0) is 19.6 Å². The number of rotatable bonds is 10. The molecule has 0 fully saturated rings. The first-order valence-electron chi connectivity index (χ1n) is 13.7. The molecular weight excluding hydrogens is 542 g/mol. The van der Waals surface area contributed by atoms with Gasteiger partial charge in [0.25, 0.3) is 5.69 Å². The predicted molar refractivity (Wildman–Crippen MR) is 158 cm³/mol. The largest absolute Gasteiger partial charge is 0.463 e. The van der Waals surface area contributed by atoms with Crippen molar-refractivity contribution >= 4 is 27.4 Å². The zero-order valence-corrected chi connectivity index (χ0v) is 24.5. The molecule has 0 saturated carbocycles. The van der Waals surface area contributed by atoms with E-state index in [0.717, 1.165) is 29.9 Å². The van der Waals surface area contributed by atoms with Gasteiger partial charge in [0.2, 0.25) is 10.0 Å². The summed E-state index contributed by atoms with van der Waals surface area (Å²) in [6.45, 7) is 9.49. The van der Waals surface area contributed by atoms with Gasteiger partial charge in [0.05, 0.1) is 34.1 Å². The molecule has 0 spiro atoms. The lowest BCUT2D eigenvalue weighted by Gasteiger charge is -2.41. The van der Waals surface area contributed by atoms with Gasteiger partial charge in [-0.15, -0.1) is 0 Å². The molecule has 0 aromatic heterocycles. The summed E-state index contributed by atoms with van der Waals surface area (Å²) in [5, 5.41) is 11.3. The molecule has 1 heterocycles.